The van der Waals surface area contributed by atoms with E-state index >= 15 is 0 Å². The van der Waals surface area contributed by atoms with Gasteiger partial charge in [0.05, 0.1) is 11.3 Å². The second-order valence-corrected chi connectivity index (χ2v) is 10.1. The number of pyridine rings is 1. The van der Waals surface area contributed by atoms with Crippen LogP contribution in [-0.4, -0.2) is 48.7 Å². The molecule has 0 aliphatic carbocycles. The van der Waals surface area contributed by atoms with E-state index in [1.54, 1.807) is 0 Å². The number of sulfone groups is 1. The quantitative estimate of drug-likeness (QED) is 0.633. The minimum Gasteiger partial charge on any atom is -0.386 e. The molecule has 1 aromatic carbocycles. The average Bonchev–Trinajstić information content (AvgIpc) is 2.67. The molecular weight excluding hydrogens is 423 g/mol. The number of carbonyl (C=O) groups excluding carboxylic acids is 1. The molecule has 11 heteroatoms. The van der Waals surface area contributed by atoms with Crippen LogP contribution in [0.1, 0.15) is 28.5 Å². The Morgan fingerprint density at radius 3 is 2.61 bits per heavy atom. The largest absolute Gasteiger partial charge is 0.386 e. The number of hydrogen-bond donors (Lipinski definition) is 3. The molecule has 1 saturated heterocycles. The van der Waals surface area contributed by atoms with Gasteiger partial charge in [-0.1, -0.05) is 0 Å². The molecule has 1 spiro atoms. The fourth-order valence-corrected chi connectivity index (χ4v) is 6.01. The lowest BCUT2D eigenvalue weighted by Gasteiger charge is -2.46. The summed E-state index contributed by atoms with van der Waals surface area (Å²) in [6, 6.07) is 8.59. The molecule has 160 valence electrons. The molecule has 2 aliphatic rings. The van der Waals surface area contributed by atoms with Crippen molar-refractivity contribution in [2.75, 3.05) is 24.2 Å². The van der Waals surface area contributed by atoms with E-state index in [-0.39, 0.29) is 35.9 Å². The van der Waals surface area contributed by atoms with Crippen LogP contribution in [-0.2, 0) is 15.4 Å². The molecule has 2 aromatic rings. The van der Waals surface area contributed by atoms with Crippen molar-refractivity contribution in [2.45, 2.75) is 17.2 Å². The molecule has 2 aliphatic heterocycles. The SMILES string of the molecule is CC1(c2cc(NC(=O)c3ccc(C#N)cn3)ccc2F)CS(=O)(=O)C2(CNC2)C(N)=N1. The van der Waals surface area contributed by atoms with E-state index in [1.165, 1.54) is 37.4 Å². The lowest BCUT2D eigenvalue weighted by atomic mass is 9.91. The normalized spacial score (nSPS) is 23.3. The van der Waals surface area contributed by atoms with Crippen molar-refractivity contribution in [3.05, 3.63) is 59.2 Å². The first-order valence-corrected chi connectivity index (χ1v) is 11.0. The number of nitrogens with one attached hydrogen (secondary N) is 2. The summed E-state index contributed by atoms with van der Waals surface area (Å²) in [6.45, 7) is 1.86. The number of amides is 1. The number of aromatic nitrogens is 1. The zero-order valence-corrected chi connectivity index (χ0v) is 17.3. The average molecular weight is 442 g/mol. The van der Waals surface area contributed by atoms with Crippen molar-refractivity contribution in [3.63, 3.8) is 0 Å². The Morgan fingerprint density at radius 1 is 1.32 bits per heavy atom. The van der Waals surface area contributed by atoms with E-state index < -0.39 is 37.6 Å². The zero-order valence-electron chi connectivity index (χ0n) is 16.5. The number of benzene rings is 1. The number of aliphatic imine (C=N–C) groups is 1. The number of nitrogens with zero attached hydrogens (tertiary/aromatic N) is 3. The van der Waals surface area contributed by atoms with Crippen molar-refractivity contribution in [3.8, 4) is 6.07 Å². The third-order valence-corrected chi connectivity index (χ3v) is 8.28. The van der Waals surface area contributed by atoms with Gasteiger partial charge in [-0.25, -0.2) is 17.8 Å². The number of rotatable bonds is 3. The summed E-state index contributed by atoms with van der Waals surface area (Å²) in [5, 5.41) is 14.3. The molecule has 0 radical (unpaired) electrons. The van der Waals surface area contributed by atoms with Crippen LogP contribution in [0, 0.1) is 17.1 Å². The van der Waals surface area contributed by atoms with E-state index in [4.69, 9.17) is 11.0 Å². The van der Waals surface area contributed by atoms with Crippen LogP contribution in [0.5, 0.6) is 0 Å². The number of hydrogen-bond acceptors (Lipinski definition) is 8. The molecule has 1 aromatic heterocycles. The Bertz CT molecular complexity index is 1250. The van der Waals surface area contributed by atoms with Crippen molar-refractivity contribution in [1.82, 2.24) is 10.3 Å². The van der Waals surface area contributed by atoms with Gasteiger partial charge in [-0.2, -0.15) is 5.26 Å². The lowest BCUT2D eigenvalue weighted by molar-refractivity contribution is 0.102. The van der Waals surface area contributed by atoms with Gasteiger partial charge in [-0.3, -0.25) is 9.79 Å². The second-order valence-electron chi connectivity index (χ2n) is 7.82. The van der Waals surface area contributed by atoms with Crippen LogP contribution in [0.2, 0.25) is 0 Å². The van der Waals surface area contributed by atoms with Gasteiger partial charge >= 0.3 is 0 Å². The number of halogens is 1. The number of anilines is 1. The van der Waals surface area contributed by atoms with Gasteiger partial charge in [-0.05, 0) is 37.3 Å². The van der Waals surface area contributed by atoms with Crippen LogP contribution in [0.4, 0.5) is 10.1 Å². The molecule has 31 heavy (non-hydrogen) atoms. The van der Waals surface area contributed by atoms with E-state index in [0.29, 0.717) is 5.56 Å². The number of nitriles is 1. The van der Waals surface area contributed by atoms with Gasteiger partial charge in [0.1, 0.15) is 29.0 Å². The van der Waals surface area contributed by atoms with Crippen LogP contribution in [0.3, 0.4) is 0 Å². The maximum Gasteiger partial charge on any atom is 0.274 e. The third-order valence-electron chi connectivity index (χ3n) is 5.65. The smallest absolute Gasteiger partial charge is 0.274 e. The van der Waals surface area contributed by atoms with Gasteiger partial charge in [0.15, 0.2) is 14.6 Å². The third kappa shape index (κ3) is 3.34. The number of amidine groups is 1. The fraction of sp³-hybridized carbons (Fsp3) is 0.300. The highest BCUT2D eigenvalue weighted by atomic mass is 32.2. The lowest BCUT2D eigenvalue weighted by Crippen LogP contribution is -2.73. The van der Waals surface area contributed by atoms with Gasteiger partial charge in [0.2, 0.25) is 0 Å². The molecule has 0 bridgehead atoms. The Labute approximate surface area is 178 Å². The minimum absolute atomic E-state index is 0.00625. The first kappa shape index (κ1) is 20.9. The summed E-state index contributed by atoms with van der Waals surface area (Å²) in [4.78, 5) is 20.8. The summed E-state index contributed by atoms with van der Waals surface area (Å²) in [7, 11) is -3.70. The van der Waals surface area contributed by atoms with Crippen LogP contribution in [0.25, 0.3) is 0 Å². The van der Waals surface area contributed by atoms with Gasteiger partial charge in [0.25, 0.3) is 5.91 Å². The molecule has 4 N–H and O–H groups in total. The van der Waals surface area contributed by atoms with Crippen LogP contribution < -0.4 is 16.4 Å². The molecule has 9 nitrogen and oxygen atoms in total. The maximum absolute atomic E-state index is 14.7. The van der Waals surface area contributed by atoms with Gasteiger partial charge in [0, 0.05) is 30.5 Å². The van der Waals surface area contributed by atoms with Crippen LogP contribution in [0.15, 0.2) is 41.5 Å². The standard InChI is InChI=1S/C20H19FN6O3S/c1-19(11-31(29,30)20(9-24-10-20)18(23)27-19)14-6-13(3-4-15(14)21)26-17(28)16-5-2-12(7-22)8-25-16/h2-6,8,24H,9-11H2,1H3,(H2,23,27)(H,26,28). The zero-order chi connectivity index (χ0) is 22.4. The van der Waals surface area contributed by atoms with E-state index in [0.717, 1.165) is 6.07 Å². The molecule has 3 heterocycles. The molecule has 4 rings (SSSR count). The molecular formula is C20H19FN6O3S. The maximum atomic E-state index is 14.7. The topological polar surface area (TPSA) is 150 Å². The Hall–Kier alpha value is -3.36. The van der Waals surface area contributed by atoms with Crippen LogP contribution >= 0.6 is 0 Å². The fourth-order valence-electron chi connectivity index (χ4n) is 3.76. The van der Waals surface area contributed by atoms with Crippen molar-refractivity contribution >= 4 is 27.3 Å². The highest BCUT2D eigenvalue weighted by Gasteiger charge is 2.58. The van der Waals surface area contributed by atoms with Gasteiger partial charge in [-0.15, -0.1) is 0 Å². The summed E-state index contributed by atoms with van der Waals surface area (Å²) >= 11 is 0. The summed E-state index contributed by atoms with van der Waals surface area (Å²) in [5.41, 5.74) is 5.22. The predicted octanol–water partition coefficient (Wildman–Crippen LogP) is 0.687. The monoisotopic (exact) mass is 442 g/mol. The van der Waals surface area contributed by atoms with E-state index in [9.17, 15) is 17.6 Å². The Kier molecular flexibility index (Phi) is 4.79. The molecule has 1 amide bonds. The first-order chi connectivity index (χ1) is 14.6. The molecule has 1 fully saturated rings. The van der Waals surface area contributed by atoms with Crippen molar-refractivity contribution in [2.24, 2.45) is 10.7 Å². The molecule has 1 atom stereocenters. The van der Waals surface area contributed by atoms with Gasteiger partial charge < -0.3 is 16.4 Å². The summed E-state index contributed by atoms with van der Waals surface area (Å²) in [6.07, 6.45) is 1.27. The second kappa shape index (κ2) is 7.11. The number of carbonyl (C=O) groups is 1. The van der Waals surface area contributed by atoms with Crippen molar-refractivity contribution < 1.29 is 17.6 Å². The summed E-state index contributed by atoms with van der Waals surface area (Å²) in [5.74, 6) is -1.68. The predicted molar refractivity (Wildman–Crippen MR) is 112 cm³/mol. The summed E-state index contributed by atoms with van der Waals surface area (Å²) < 4.78 is 39.4. The van der Waals surface area contributed by atoms with E-state index in [1.807, 2.05) is 6.07 Å². The Balaban J connectivity index is 1.66. The highest BCUT2D eigenvalue weighted by Crippen LogP contribution is 2.40. The van der Waals surface area contributed by atoms with E-state index in [2.05, 4.69) is 20.6 Å². The molecule has 1 unspecified atom stereocenters. The minimum atomic E-state index is -3.70. The number of nitrogens with two attached hydrogens (primary N) is 1. The highest BCUT2D eigenvalue weighted by molar-refractivity contribution is 7.93. The molecule has 0 saturated carbocycles. The van der Waals surface area contributed by atoms with Crippen molar-refractivity contribution in [1.29, 1.82) is 5.26 Å². The first-order valence-electron chi connectivity index (χ1n) is 9.37. The Morgan fingerprint density at radius 2 is 2.06 bits per heavy atom.